The van der Waals surface area contributed by atoms with E-state index in [-0.39, 0.29) is 21.5 Å². The van der Waals surface area contributed by atoms with Crippen LogP contribution in [-0.2, 0) is 10.0 Å². The maximum absolute atomic E-state index is 12.3. The lowest BCUT2D eigenvalue weighted by Gasteiger charge is -2.32. The summed E-state index contributed by atoms with van der Waals surface area (Å²) in [5.41, 5.74) is 0.273. The molecule has 2 rings (SSSR count). The zero-order valence-electron chi connectivity index (χ0n) is 11.8. The molecule has 1 aromatic rings. The number of nitrogens with one attached hydrogen (secondary N) is 1. The van der Waals surface area contributed by atoms with Crippen molar-refractivity contribution in [2.24, 2.45) is 0 Å². The van der Waals surface area contributed by atoms with Gasteiger partial charge in [0, 0.05) is 12.6 Å². The summed E-state index contributed by atoms with van der Waals surface area (Å²) in [4.78, 5) is 2.13. The number of likely N-dealkylation sites (N-methyl/N-ethyl adjacent to an activating group) is 1. The standard InChI is InChI=1S/C14H18ClN3O2S/c1-18-7-3-2-4-12(18)10-17-21(19,20)14-8-11(9-16)5-6-13(14)15/h5-6,8,12,17H,2-4,7,10H2,1H3. The number of rotatable bonds is 4. The molecule has 0 amide bonds. The lowest BCUT2D eigenvalue weighted by molar-refractivity contribution is 0.187. The Morgan fingerprint density at radius 2 is 2.24 bits per heavy atom. The van der Waals surface area contributed by atoms with Crippen LogP contribution in [0.25, 0.3) is 0 Å². The van der Waals surface area contributed by atoms with E-state index in [0.29, 0.717) is 6.54 Å². The summed E-state index contributed by atoms with van der Waals surface area (Å²) in [5.74, 6) is 0. The van der Waals surface area contributed by atoms with E-state index >= 15 is 0 Å². The highest BCUT2D eigenvalue weighted by Gasteiger charge is 2.23. The van der Waals surface area contributed by atoms with Gasteiger partial charge in [0.05, 0.1) is 16.7 Å². The number of nitriles is 1. The van der Waals surface area contributed by atoms with Gasteiger partial charge in [-0.1, -0.05) is 18.0 Å². The van der Waals surface area contributed by atoms with Gasteiger partial charge in [-0.25, -0.2) is 13.1 Å². The average molecular weight is 328 g/mol. The van der Waals surface area contributed by atoms with Crippen LogP contribution in [-0.4, -0.2) is 39.5 Å². The van der Waals surface area contributed by atoms with Crippen molar-refractivity contribution in [2.75, 3.05) is 20.1 Å². The zero-order valence-corrected chi connectivity index (χ0v) is 13.4. The van der Waals surface area contributed by atoms with Crippen LogP contribution in [0.4, 0.5) is 0 Å². The summed E-state index contributed by atoms with van der Waals surface area (Å²) in [7, 11) is -1.70. The molecule has 1 atom stereocenters. The second-order valence-corrected chi connectivity index (χ2v) is 7.38. The maximum Gasteiger partial charge on any atom is 0.242 e. The highest BCUT2D eigenvalue weighted by Crippen LogP contribution is 2.23. The molecule has 1 fully saturated rings. The zero-order chi connectivity index (χ0) is 15.5. The van der Waals surface area contributed by atoms with Gasteiger partial charge in [-0.2, -0.15) is 5.26 Å². The molecule has 0 aliphatic carbocycles. The molecule has 1 aliphatic heterocycles. The van der Waals surface area contributed by atoms with Crippen molar-refractivity contribution < 1.29 is 8.42 Å². The number of halogens is 1. The smallest absolute Gasteiger partial charge is 0.242 e. The molecular weight excluding hydrogens is 310 g/mol. The molecular formula is C14H18ClN3O2S. The number of hydrogen-bond donors (Lipinski definition) is 1. The predicted octanol–water partition coefficient (Wildman–Crippen LogP) is 1.97. The molecule has 7 heteroatoms. The van der Waals surface area contributed by atoms with Crippen LogP contribution >= 0.6 is 11.6 Å². The highest BCUT2D eigenvalue weighted by molar-refractivity contribution is 7.89. The Bertz CT molecular complexity index is 655. The van der Waals surface area contributed by atoms with E-state index in [1.165, 1.54) is 18.2 Å². The Hall–Kier alpha value is -1.13. The molecule has 1 aliphatic rings. The van der Waals surface area contributed by atoms with Crippen molar-refractivity contribution in [2.45, 2.75) is 30.2 Å². The molecule has 0 spiro atoms. The summed E-state index contributed by atoms with van der Waals surface area (Å²) in [6, 6.07) is 6.35. The number of nitrogens with zero attached hydrogens (tertiary/aromatic N) is 2. The number of piperidine rings is 1. The molecule has 1 unspecified atom stereocenters. The molecule has 1 heterocycles. The largest absolute Gasteiger partial charge is 0.302 e. The second-order valence-electron chi connectivity index (χ2n) is 5.24. The summed E-state index contributed by atoms with van der Waals surface area (Å²) >= 11 is 5.95. The van der Waals surface area contributed by atoms with Crippen molar-refractivity contribution in [3.8, 4) is 6.07 Å². The van der Waals surface area contributed by atoms with Gasteiger partial charge < -0.3 is 4.90 Å². The molecule has 5 nitrogen and oxygen atoms in total. The Kier molecular flexibility index (Phi) is 5.22. The minimum absolute atomic E-state index is 0.0401. The van der Waals surface area contributed by atoms with Crippen molar-refractivity contribution in [1.29, 1.82) is 5.26 Å². The summed E-state index contributed by atoms with van der Waals surface area (Å²) < 4.78 is 27.3. The first-order chi connectivity index (χ1) is 9.94. The first-order valence-corrected chi connectivity index (χ1v) is 8.70. The number of likely N-dealkylation sites (tertiary alicyclic amines) is 1. The Labute approximate surface area is 130 Å². The second kappa shape index (κ2) is 6.75. The highest BCUT2D eigenvalue weighted by atomic mass is 35.5. The molecule has 0 saturated carbocycles. The van der Waals surface area contributed by atoms with Gasteiger partial charge in [0.1, 0.15) is 4.90 Å². The molecule has 21 heavy (non-hydrogen) atoms. The van der Waals surface area contributed by atoms with Crippen molar-refractivity contribution in [3.63, 3.8) is 0 Å². The minimum atomic E-state index is -3.71. The van der Waals surface area contributed by atoms with E-state index in [2.05, 4.69) is 9.62 Å². The fourth-order valence-corrected chi connectivity index (χ4v) is 4.06. The molecule has 1 saturated heterocycles. The number of benzene rings is 1. The molecule has 1 N–H and O–H groups in total. The number of sulfonamides is 1. The quantitative estimate of drug-likeness (QED) is 0.917. The normalized spacial score (nSPS) is 20.1. The van der Waals surface area contributed by atoms with Crippen LogP contribution < -0.4 is 4.72 Å². The SMILES string of the molecule is CN1CCCCC1CNS(=O)(=O)c1cc(C#N)ccc1Cl. The van der Waals surface area contributed by atoms with E-state index in [9.17, 15) is 8.42 Å². The first kappa shape index (κ1) is 16.2. The van der Waals surface area contributed by atoms with Gasteiger partial charge in [0.2, 0.25) is 10.0 Å². The van der Waals surface area contributed by atoms with Gasteiger partial charge in [-0.15, -0.1) is 0 Å². The van der Waals surface area contributed by atoms with E-state index in [1.54, 1.807) is 0 Å². The topological polar surface area (TPSA) is 73.2 Å². The van der Waals surface area contributed by atoms with Crippen molar-refractivity contribution in [1.82, 2.24) is 9.62 Å². The van der Waals surface area contributed by atoms with Crippen LogP contribution in [0.3, 0.4) is 0 Å². The fraction of sp³-hybridized carbons (Fsp3) is 0.500. The average Bonchev–Trinajstić information content (AvgIpc) is 2.47. The molecule has 0 aromatic heterocycles. The first-order valence-electron chi connectivity index (χ1n) is 6.83. The molecule has 0 bridgehead atoms. The van der Waals surface area contributed by atoms with Gasteiger partial charge in [0.15, 0.2) is 0 Å². The predicted molar refractivity (Wildman–Crippen MR) is 81.6 cm³/mol. The monoisotopic (exact) mass is 327 g/mol. The van der Waals surface area contributed by atoms with Crippen LogP contribution in [0.5, 0.6) is 0 Å². The van der Waals surface area contributed by atoms with Gasteiger partial charge in [-0.3, -0.25) is 0 Å². The Morgan fingerprint density at radius 3 is 2.90 bits per heavy atom. The van der Waals surface area contributed by atoms with Crippen molar-refractivity contribution in [3.05, 3.63) is 28.8 Å². The van der Waals surface area contributed by atoms with E-state index < -0.39 is 10.0 Å². The van der Waals surface area contributed by atoms with Crippen LogP contribution in [0.2, 0.25) is 5.02 Å². The van der Waals surface area contributed by atoms with Gasteiger partial charge in [-0.05, 0) is 44.6 Å². The third-order valence-corrected chi connectivity index (χ3v) is 5.69. The third-order valence-electron chi connectivity index (χ3n) is 3.78. The Morgan fingerprint density at radius 1 is 1.48 bits per heavy atom. The summed E-state index contributed by atoms with van der Waals surface area (Å²) in [6.45, 7) is 1.34. The summed E-state index contributed by atoms with van der Waals surface area (Å²) in [6.07, 6.45) is 3.24. The van der Waals surface area contributed by atoms with Crippen LogP contribution in [0, 0.1) is 11.3 Å². The van der Waals surface area contributed by atoms with Crippen molar-refractivity contribution >= 4 is 21.6 Å². The summed E-state index contributed by atoms with van der Waals surface area (Å²) in [5, 5.41) is 9.00. The lowest BCUT2D eigenvalue weighted by atomic mass is 10.0. The van der Waals surface area contributed by atoms with Crippen LogP contribution in [0.15, 0.2) is 23.1 Å². The minimum Gasteiger partial charge on any atom is -0.302 e. The number of hydrogen-bond acceptors (Lipinski definition) is 4. The van der Waals surface area contributed by atoms with Gasteiger partial charge >= 0.3 is 0 Å². The van der Waals surface area contributed by atoms with Crippen LogP contribution in [0.1, 0.15) is 24.8 Å². The maximum atomic E-state index is 12.3. The third kappa shape index (κ3) is 3.95. The van der Waals surface area contributed by atoms with E-state index in [1.807, 2.05) is 13.1 Å². The Balaban J connectivity index is 2.13. The lowest BCUT2D eigenvalue weighted by Crippen LogP contribution is -2.44. The molecule has 1 aromatic carbocycles. The molecule has 114 valence electrons. The van der Waals surface area contributed by atoms with E-state index in [4.69, 9.17) is 16.9 Å². The fourth-order valence-electron chi connectivity index (χ4n) is 2.46. The van der Waals surface area contributed by atoms with E-state index in [0.717, 1.165) is 25.8 Å². The molecule has 0 radical (unpaired) electrons. The van der Waals surface area contributed by atoms with Gasteiger partial charge in [0.25, 0.3) is 0 Å².